The predicted molar refractivity (Wildman–Crippen MR) is 67.6 cm³/mol. The average molecular weight is 227 g/mol. The molecular weight excluding hydrogens is 206 g/mol. The zero-order valence-corrected chi connectivity index (χ0v) is 10.3. The van der Waals surface area contributed by atoms with E-state index in [1.165, 1.54) is 32.1 Å². The van der Waals surface area contributed by atoms with Gasteiger partial charge in [0.05, 0.1) is 6.54 Å². The van der Waals surface area contributed by atoms with Gasteiger partial charge in [-0.3, -0.25) is 4.99 Å². The second kappa shape index (κ2) is 5.10. The molecule has 1 saturated carbocycles. The van der Waals surface area contributed by atoms with Gasteiger partial charge in [-0.1, -0.05) is 19.3 Å². The smallest absolute Gasteiger partial charge is 0.191 e. The van der Waals surface area contributed by atoms with Crippen LogP contribution in [0.5, 0.6) is 0 Å². The summed E-state index contributed by atoms with van der Waals surface area (Å²) in [7, 11) is 0. The molecule has 0 spiro atoms. The van der Waals surface area contributed by atoms with E-state index in [9.17, 15) is 0 Å². The van der Waals surface area contributed by atoms with Crippen molar-refractivity contribution in [3.05, 3.63) is 0 Å². The van der Waals surface area contributed by atoms with Crippen molar-refractivity contribution in [1.82, 2.24) is 10.6 Å². The minimum Gasteiger partial charge on any atom is -0.355 e. The minimum absolute atomic E-state index is 0.463. The van der Waals surface area contributed by atoms with Crippen molar-refractivity contribution < 1.29 is 0 Å². The monoisotopic (exact) mass is 227 g/mol. The Morgan fingerprint density at radius 1 is 1.40 bits per heavy atom. The Labute approximate surface area is 96.5 Å². The highest BCUT2D eigenvalue weighted by molar-refractivity contribution is 8.00. The fourth-order valence-corrected chi connectivity index (χ4v) is 3.32. The summed E-state index contributed by atoms with van der Waals surface area (Å²) in [4.78, 5) is 4.37. The quantitative estimate of drug-likeness (QED) is 0.769. The van der Waals surface area contributed by atoms with Gasteiger partial charge in [0.2, 0.25) is 0 Å². The molecule has 0 radical (unpaired) electrons. The van der Waals surface area contributed by atoms with Crippen molar-refractivity contribution in [3.8, 4) is 0 Å². The Morgan fingerprint density at radius 3 is 2.80 bits per heavy atom. The molecule has 3 nitrogen and oxygen atoms in total. The summed E-state index contributed by atoms with van der Waals surface area (Å²) in [6, 6.07) is 0. The average Bonchev–Trinajstić information content (AvgIpc) is 2.81. The van der Waals surface area contributed by atoms with Gasteiger partial charge in [-0.2, -0.15) is 11.8 Å². The second-order valence-electron chi connectivity index (χ2n) is 4.46. The standard InChI is InChI=1S/C11H21N3S/c1-15-11(5-3-2-4-6-11)9-14-10-12-7-8-13-10/h2-9H2,1H3,(H2,12,13,14). The maximum absolute atomic E-state index is 4.37. The molecule has 2 rings (SSSR count). The van der Waals surface area contributed by atoms with Crippen LogP contribution in [0, 0.1) is 0 Å². The van der Waals surface area contributed by atoms with E-state index in [2.05, 4.69) is 21.9 Å². The lowest BCUT2D eigenvalue weighted by atomic mass is 9.88. The fraction of sp³-hybridized carbons (Fsp3) is 0.909. The third-order valence-corrected chi connectivity index (χ3v) is 4.87. The molecule has 2 aliphatic rings. The zero-order valence-electron chi connectivity index (χ0n) is 9.51. The largest absolute Gasteiger partial charge is 0.355 e. The zero-order chi connectivity index (χ0) is 10.6. The summed E-state index contributed by atoms with van der Waals surface area (Å²) in [5.74, 6) is 1.01. The molecule has 0 atom stereocenters. The number of thioether (sulfide) groups is 1. The van der Waals surface area contributed by atoms with E-state index in [-0.39, 0.29) is 0 Å². The first kappa shape index (κ1) is 11.1. The lowest BCUT2D eigenvalue weighted by Gasteiger charge is -2.36. The molecule has 15 heavy (non-hydrogen) atoms. The topological polar surface area (TPSA) is 36.4 Å². The van der Waals surface area contributed by atoms with Crippen molar-refractivity contribution in [1.29, 1.82) is 0 Å². The summed E-state index contributed by atoms with van der Waals surface area (Å²) < 4.78 is 0.463. The van der Waals surface area contributed by atoms with Crippen molar-refractivity contribution in [3.63, 3.8) is 0 Å². The molecule has 1 aliphatic carbocycles. The van der Waals surface area contributed by atoms with Gasteiger partial charge in [-0.05, 0) is 19.1 Å². The van der Waals surface area contributed by atoms with Crippen LogP contribution < -0.4 is 10.6 Å². The van der Waals surface area contributed by atoms with Crippen LogP contribution in [0.3, 0.4) is 0 Å². The van der Waals surface area contributed by atoms with Crippen molar-refractivity contribution in [2.24, 2.45) is 4.99 Å². The molecule has 86 valence electrons. The van der Waals surface area contributed by atoms with E-state index in [4.69, 9.17) is 0 Å². The molecule has 0 bridgehead atoms. The van der Waals surface area contributed by atoms with Crippen LogP contribution in [0.1, 0.15) is 32.1 Å². The fourth-order valence-electron chi connectivity index (χ4n) is 2.41. The first-order chi connectivity index (χ1) is 7.35. The molecule has 0 unspecified atom stereocenters. The highest BCUT2D eigenvalue weighted by atomic mass is 32.2. The Kier molecular flexibility index (Phi) is 3.78. The Morgan fingerprint density at radius 2 is 2.20 bits per heavy atom. The molecule has 0 aromatic carbocycles. The highest BCUT2D eigenvalue weighted by Gasteiger charge is 2.31. The Bertz CT molecular complexity index is 234. The number of guanidine groups is 1. The molecule has 1 fully saturated rings. The van der Waals surface area contributed by atoms with Crippen LogP contribution in [0.15, 0.2) is 4.99 Å². The minimum atomic E-state index is 0.463. The van der Waals surface area contributed by atoms with E-state index in [1.54, 1.807) is 0 Å². The van der Waals surface area contributed by atoms with Gasteiger partial charge in [0.25, 0.3) is 0 Å². The van der Waals surface area contributed by atoms with Gasteiger partial charge in [-0.25, -0.2) is 0 Å². The van der Waals surface area contributed by atoms with E-state index < -0.39 is 0 Å². The molecule has 2 N–H and O–H groups in total. The highest BCUT2D eigenvalue weighted by Crippen LogP contribution is 2.37. The second-order valence-corrected chi connectivity index (χ2v) is 5.73. The van der Waals surface area contributed by atoms with E-state index in [1.807, 2.05) is 11.8 Å². The summed E-state index contributed by atoms with van der Waals surface area (Å²) in [5.41, 5.74) is 0. The maximum Gasteiger partial charge on any atom is 0.191 e. The summed E-state index contributed by atoms with van der Waals surface area (Å²) in [6.45, 7) is 2.99. The van der Waals surface area contributed by atoms with Crippen LogP contribution in [0.2, 0.25) is 0 Å². The van der Waals surface area contributed by atoms with Crippen LogP contribution >= 0.6 is 11.8 Å². The summed E-state index contributed by atoms with van der Waals surface area (Å²) in [6.07, 6.45) is 9.16. The molecule has 4 heteroatoms. The van der Waals surface area contributed by atoms with Gasteiger partial charge in [0.1, 0.15) is 0 Å². The van der Waals surface area contributed by atoms with Crippen molar-refractivity contribution in [2.75, 3.05) is 25.9 Å². The van der Waals surface area contributed by atoms with Crippen LogP contribution in [-0.4, -0.2) is 36.6 Å². The SMILES string of the molecule is CSC1(CNC2=NCCN2)CCCCC1. The number of nitrogens with zero attached hydrogens (tertiary/aromatic N) is 1. The summed E-state index contributed by atoms with van der Waals surface area (Å²) in [5, 5.41) is 6.73. The number of nitrogens with one attached hydrogen (secondary N) is 2. The van der Waals surface area contributed by atoms with Crippen molar-refractivity contribution >= 4 is 17.7 Å². The Hall–Kier alpha value is -0.380. The van der Waals surface area contributed by atoms with E-state index in [0.717, 1.165) is 25.6 Å². The first-order valence-electron chi connectivity index (χ1n) is 5.92. The van der Waals surface area contributed by atoms with E-state index in [0.29, 0.717) is 4.75 Å². The van der Waals surface area contributed by atoms with Crippen LogP contribution in [-0.2, 0) is 0 Å². The lowest BCUT2D eigenvalue weighted by Crippen LogP contribution is -2.44. The van der Waals surface area contributed by atoms with Crippen molar-refractivity contribution in [2.45, 2.75) is 36.9 Å². The molecule has 1 heterocycles. The predicted octanol–water partition coefficient (Wildman–Crippen LogP) is 1.60. The van der Waals surface area contributed by atoms with Gasteiger partial charge >= 0.3 is 0 Å². The normalized spacial score (nSPS) is 24.5. The van der Waals surface area contributed by atoms with Gasteiger partial charge in [0.15, 0.2) is 5.96 Å². The molecule has 1 aliphatic heterocycles. The molecule has 0 saturated heterocycles. The number of rotatable bonds is 3. The third-order valence-electron chi connectivity index (χ3n) is 3.45. The molecule has 0 aromatic heterocycles. The summed E-state index contributed by atoms with van der Waals surface area (Å²) >= 11 is 2.03. The third kappa shape index (κ3) is 2.80. The van der Waals surface area contributed by atoms with Crippen LogP contribution in [0.25, 0.3) is 0 Å². The molecule has 0 aromatic rings. The number of hydrogen-bond acceptors (Lipinski definition) is 4. The van der Waals surface area contributed by atoms with Gasteiger partial charge in [0, 0.05) is 17.8 Å². The number of hydrogen-bond donors (Lipinski definition) is 2. The molecular formula is C11H21N3S. The number of aliphatic imine (C=N–C) groups is 1. The van der Waals surface area contributed by atoms with Crippen LogP contribution in [0.4, 0.5) is 0 Å². The van der Waals surface area contributed by atoms with E-state index >= 15 is 0 Å². The lowest BCUT2D eigenvalue weighted by molar-refractivity contribution is 0.394. The van der Waals surface area contributed by atoms with Gasteiger partial charge in [-0.15, -0.1) is 0 Å². The maximum atomic E-state index is 4.37. The molecule has 0 amide bonds. The van der Waals surface area contributed by atoms with Gasteiger partial charge < -0.3 is 10.6 Å². The first-order valence-corrected chi connectivity index (χ1v) is 7.14. The Balaban J connectivity index is 1.83.